The van der Waals surface area contributed by atoms with E-state index in [0.29, 0.717) is 18.8 Å². The number of benzene rings is 2. The number of carbonyl (C=O) groups is 1. The van der Waals surface area contributed by atoms with Gasteiger partial charge in [-0.25, -0.2) is 0 Å². The molecule has 0 amide bonds. The minimum Gasteiger partial charge on any atom is -0.346 e. The van der Waals surface area contributed by atoms with E-state index in [-0.39, 0.29) is 6.29 Å². The van der Waals surface area contributed by atoms with Crippen molar-refractivity contribution in [2.45, 2.75) is 6.29 Å². The van der Waals surface area contributed by atoms with E-state index in [2.05, 4.69) is 6.07 Å². The maximum Gasteiger partial charge on any atom is 0.184 e. The van der Waals surface area contributed by atoms with Crippen LogP contribution in [0, 0.1) is 0 Å². The number of aldehydes is 1. The molecule has 0 bridgehead atoms. The second kappa shape index (κ2) is 5.34. The summed E-state index contributed by atoms with van der Waals surface area (Å²) in [7, 11) is 0. The van der Waals surface area contributed by atoms with E-state index in [0.717, 1.165) is 23.0 Å². The number of hydrogen-bond acceptors (Lipinski definition) is 3. The first-order valence-electron chi connectivity index (χ1n) is 6.25. The fourth-order valence-corrected chi connectivity index (χ4v) is 2.17. The molecule has 0 atom stereocenters. The predicted octanol–water partition coefficient (Wildman–Crippen LogP) is 3.21. The maximum absolute atomic E-state index is 10.6. The van der Waals surface area contributed by atoms with Gasteiger partial charge >= 0.3 is 0 Å². The largest absolute Gasteiger partial charge is 0.346 e. The molecule has 19 heavy (non-hydrogen) atoms. The molecule has 0 aromatic heterocycles. The first kappa shape index (κ1) is 12.1. The molecule has 0 N–H and O–H groups in total. The highest BCUT2D eigenvalue weighted by molar-refractivity contribution is 5.77. The molecule has 0 spiro atoms. The maximum atomic E-state index is 10.6. The SMILES string of the molecule is O=Cc1ccc(-c2cccc(C3OCCO3)c2)cc1. The highest BCUT2D eigenvalue weighted by Gasteiger charge is 2.18. The summed E-state index contributed by atoms with van der Waals surface area (Å²) in [5.74, 6) is 0. The van der Waals surface area contributed by atoms with Gasteiger partial charge in [0.25, 0.3) is 0 Å². The summed E-state index contributed by atoms with van der Waals surface area (Å²) in [6, 6.07) is 15.6. The van der Waals surface area contributed by atoms with Crippen LogP contribution in [0.15, 0.2) is 48.5 Å². The molecule has 3 rings (SSSR count). The standard InChI is InChI=1S/C16H14O3/c17-11-12-4-6-13(7-5-12)14-2-1-3-15(10-14)16-18-8-9-19-16/h1-7,10-11,16H,8-9H2. The zero-order valence-corrected chi connectivity index (χ0v) is 10.4. The van der Waals surface area contributed by atoms with Crippen LogP contribution in [0.1, 0.15) is 22.2 Å². The third-order valence-electron chi connectivity index (χ3n) is 3.16. The second-order valence-corrected chi connectivity index (χ2v) is 4.44. The van der Waals surface area contributed by atoms with Gasteiger partial charge in [-0.3, -0.25) is 4.79 Å². The number of carbonyl (C=O) groups excluding carboxylic acids is 1. The van der Waals surface area contributed by atoms with E-state index in [1.54, 1.807) is 0 Å². The van der Waals surface area contributed by atoms with Gasteiger partial charge in [0.2, 0.25) is 0 Å². The van der Waals surface area contributed by atoms with Gasteiger partial charge in [0.05, 0.1) is 13.2 Å². The molecule has 3 heteroatoms. The fourth-order valence-electron chi connectivity index (χ4n) is 2.17. The monoisotopic (exact) mass is 254 g/mol. The summed E-state index contributed by atoms with van der Waals surface area (Å²) in [6.07, 6.45) is 0.592. The van der Waals surface area contributed by atoms with Crippen molar-refractivity contribution in [2.24, 2.45) is 0 Å². The topological polar surface area (TPSA) is 35.5 Å². The van der Waals surface area contributed by atoms with Crippen molar-refractivity contribution in [2.75, 3.05) is 13.2 Å². The van der Waals surface area contributed by atoms with Gasteiger partial charge in [-0.2, -0.15) is 0 Å². The highest BCUT2D eigenvalue weighted by Crippen LogP contribution is 2.27. The molecular formula is C16H14O3. The molecule has 1 aliphatic heterocycles. The van der Waals surface area contributed by atoms with Gasteiger partial charge in [0.1, 0.15) is 6.29 Å². The van der Waals surface area contributed by atoms with Crippen LogP contribution in [-0.4, -0.2) is 19.5 Å². The zero-order valence-electron chi connectivity index (χ0n) is 10.4. The van der Waals surface area contributed by atoms with E-state index >= 15 is 0 Å². The van der Waals surface area contributed by atoms with Gasteiger partial charge in [0.15, 0.2) is 6.29 Å². The van der Waals surface area contributed by atoms with E-state index < -0.39 is 0 Å². The normalized spacial score (nSPS) is 15.6. The van der Waals surface area contributed by atoms with Gasteiger partial charge < -0.3 is 9.47 Å². The van der Waals surface area contributed by atoms with Crippen molar-refractivity contribution in [1.29, 1.82) is 0 Å². The molecule has 1 saturated heterocycles. The van der Waals surface area contributed by atoms with Gasteiger partial charge in [-0.15, -0.1) is 0 Å². The van der Waals surface area contributed by atoms with Crippen molar-refractivity contribution < 1.29 is 14.3 Å². The Bertz CT molecular complexity index is 569. The average Bonchev–Trinajstić information content (AvgIpc) is 3.02. The Morgan fingerprint density at radius 3 is 2.37 bits per heavy atom. The number of hydrogen-bond donors (Lipinski definition) is 0. The third kappa shape index (κ3) is 2.57. The van der Waals surface area contributed by atoms with Crippen LogP contribution in [0.3, 0.4) is 0 Å². The third-order valence-corrected chi connectivity index (χ3v) is 3.16. The summed E-state index contributed by atoms with van der Waals surface area (Å²) in [4.78, 5) is 10.6. The highest BCUT2D eigenvalue weighted by atomic mass is 16.7. The Balaban J connectivity index is 1.91. The Kier molecular flexibility index (Phi) is 3.40. The quantitative estimate of drug-likeness (QED) is 0.789. The van der Waals surface area contributed by atoms with Crippen LogP contribution < -0.4 is 0 Å². The van der Waals surface area contributed by atoms with E-state index in [1.165, 1.54) is 0 Å². The van der Waals surface area contributed by atoms with Crippen LogP contribution in [-0.2, 0) is 9.47 Å². The Labute approximate surface area is 111 Å². The Hall–Kier alpha value is -1.97. The molecule has 1 heterocycles. The minimum absolute atomic E-state index is 0.255. The first-order chi connectivity index (χ1) is 9.36. The smallest absolute Gasteiger partial charge is 0.184 e. The van der Waals surface area contributed by atoms with E-state index in [4.69, 9.17) is 9.47 Å². The second-order valence-electron chi connectivity index (χ2n) is 4.44. The molecule has 0 radical (unpaired) electrons. The fraction of sp³-hybridized carbons (Fsp3) is 0.188. The Morgan fingerprint density at radius 1 is 0.947 bits per heavy atom. The molecule has 0 unspecified atom stereocenters. The number of ether oxygens (including phenoxy) is 2. The molecule has 0 aliphatic carbocycles. The van der Waals surface area contributed by atoms with Gasteiger partial charge in [-0.05, 0) is 17.2 Å². The molecular weight excluding hydrogens is 240 g/mol. The van der Waals surface area contributed by atoms with Crippen LogP contribution in [0.5, 0.6) is 0 Å². The molecule has 1 aliphatic rings. The lowest BCUT2D eigenvalue weighted by Gasteiger charge is -2.11. The lowest BCUT2D eigenvalue weighted by Crippen LogP contribution is -1.97. The van der Waals surface area contributed by atoms with Crippen molar-refractivity contribution in [3.8, 4) is 11.1 Å². The van der Waals surface area contributed by atoms with Crippen LogP contribution in [0.25, 0.3) is 11.1 Å². The van der Waals surface area contributed by atoms with Crippen LogP contribution >= 0.6 is 0 Å². The minimum atomic E-state index is -0.255. The van der Waals surface area contributed by atoms with Crippen LogP contribution in [0.2, 0.25) is 0 Å². The summed E-state index contributed by atoms with van der Waals surface area (Å²) in [6.45, 7) is 1.28. The van der Waals surface area contributed by atoms with Crippen LogP contribution in [0.4, 0.5) is 0 Å². The molecule has 96 valence electrons. The molecule has 1 fully saturated rings. The zero-order chi connectivity index (χ0) is 13.1. The van der Waals surface area contributed by atoms with Crippen molar-refractivity contribution in [3.05, 3.63) is 59.7 Å². The predicted molar refractivity (Wildman–Crippen MR) is 71.9 cm³/mol. The molecule has 2 aromatic carbocycles. The number of rotatable bonds is 3. The average molecular weight is 254 g/mol. The first-order valence-corrected chi connectivity index (χ1v) is 6.25. The lowest BCUT2D eigenvalue weighted by atomic mass is 10.0. The molecule has 2 aromatic rings. The summed E-state index contributed by atoms with van der Waals surface area (Å²) in [5, 5.41) is 0. The van der Waals surface area contributed by atoms with E-state index in [1.807, 2.05) is 42.5 Å². The Morgan fingerprint density at radius 2 is 1.68 bits per heavy atom. The van der Waals surface area contributed by atoms with Crippen molar-refractivity contribution >= 4 is 6.29 Å². The van der Waals surface area contributed by atoms with Gasteiger partial charge in [0, 0.05) is 11.1 Å². The summed E-state index contributed by atoms with van der Waals surface area (Å²) >= 11 is 0. The van der Waals surface area contributed by atoms with Crippen molar-refractivity contribution in [3.63, 3.8) is 0 Å². The molecule has 3 nitrogen and oxygen atoms in total. The lowest BCUT2D eigenvalue weighted by molar-refractivity contribution is -0.0440. The van der Waals surface area contributed by atoms with Gasteiger partial charge in [-0.1, -0.05) is 42.5 Å². The molecule has 0 saturated carbocycles. The van der Waals surface area contributed by atoms with E-state index in [9.17, 15) is 4.79 Å². The summed E-state index contributed by atoms with van der Waals surface area (Å²) in [5.41, 5.74) is 3.87. The summed E-state index contributed by atoms with van der Waals surface area (Å²) < 4.78 is 11.0. The van der Waals surface area contributed by atoms with Crippen molar-refractivity contribution in [1.82, 2.24) is 0 Å².